The SMILES string of the molecule is Cc1cc(NC(=O)NC2CCN(Cc3ccccc3)CC2)c(C(F)(F)F)o1. The average molecular weight is 381 g/mol. The van der Waals surface area contributed by atoms with Gasteiger partial charge < -0.3 is 15.1 Å². The third-order valence-corrected chi connectivity index (χ3v) is 4.53. The Morgan fingerprint density at radius 2 is 1.89 bits per heavy atom. The smallest absolute Gasteiger partial charge is 0.451 e. The van der Waals surface area contributed by atoms with E-state index in [9.17, 15) is 18.0 Å². The molecular formula is C19H22F3N3O2. The number of likely N-dealkylation sites (tertiary alicyclic amines) is 1. The van der Waals surface area contributed by atoms with Crippen LogP contribution in [0.2, 0.25) is 0 Å². The Balaban J connectivity index is 1.49. The number of nitrogens with zero attached hydrogens (tertiary/aromatic N) is 1. The first-order valence-corrected chi connectivity index (χ1v) is 8.82. The number of rotatable bonds is 4. The quantitative estimate of drug-likeness (QED) is 0.826. The van der Waals surface area contributed by atoms with Crippen molar-refractivity contribution in [1.82, 2.24) is 10.2 Å². The number of carbonyl (C=O) groups is 1. The largest absolute Gasteiger partial charge is 0.455 e. The van der Waals surface area contributed by atoms with E-state index < -0.39 is 18.0 Å². The number of piperidine rings is 1. The van der Waals surface area contributed by atoms with Crippen molar-refractivity contribution >= 4 is 11.7 Å². The number of hydrogen-bond acceptors (Lipinski definition) is 3. The Morgan fingerprint density at radius 3 is 2.52 bits per heavy atom. The van der Waals surface area contributed by atoms with Crippen molar-refractivity contribution in [2.75, 3.05) is 18.4 Å². The van der Waals surface area contributed by atoms with Gasteiger partial charge in [-0.1, -0.05) is 30.3 Å². The van der Waals surface area contributed by atoms with Crippen molar-refractivity contribution in [1.29, 1.82) is 0 Å². The summed E-state index contributed by atoms with van der Waals surface area (Å²) >= 11 is 0. The molecule has 0 atom stereocenters. The lowest BCUT2D eigenvalue weighted by molar-refractivity contribution is -0.152. The Labute approximate surface area is 155 Å². The van der Waals surface area contributed by atoms with Crippen molar-refractivity contribution in [3.63, 3.8) is 0 Å². The monoisotopic (exact) mass is 381 g/mol. The molecule has 3 rings (SSSR count). The van der Waals surface area contributed by atoms with E-state index in [0.717, 1.165) is 32.5 Å². The second kappa shape index (κ2) is 8.04. The summed E-state index contributed by atoms with van der Waals surface area (Å²) in [6.45, 7) is 3.89. The Hall–Kier alpha value is -2.48. The summed E-state index contributed by atoms with van der Waals surface area (Å²) in [7, 11) is 0. The highest BCUT2D eigenvalue weighted by Gasteiger charge is 2.38. The molecule has 0 unspecified atom stereocenters. The van der Waals surface area contributed by atoms with Crippen LogP contribution < -0.4 is 10.6 Å². The summed E-state index contributed by atoms with van der Waals surface area (Å²) in [5.74, 6) is -1.10. The number of urea groups is 1. The van der Waals surface area contributed by atoms with Crippen LogP contribution in [0.4, 0.5) is 23.7 Å². The summed E-state index contributed by atoms with van der Waals surface area (Å²) in [5.41, 5.74) is 0.871. The lowest BCUT2D eigenvalue weighted by Crippen LogP contribution is -2.45. The predicted molar refractivity (Wildman–Crippen MR) is 95.3 cm³/mol. The Morgan fingerprint density at radius 1 is 1.22 bits per heavy atom. The third-order valence-electron chi connectivity index (χ3n) is 4.53. The molecule has 5 nitrogen and oxygen atoms in total. The number of alkyl halides is 3. The number of anilines is 1. The Kier molecular flexibility index (Phi) is 5.74. The molecule has 0 aliphatic carbocycles. The second-order valence-electron chi connectivity index (χ2n) is 6.73. The van der Waals surface area contributed by atoms with Gasteiger partial charge in [0.2, 0.25) is 5.76 Å². The van der Waals surface area contributed by atoms with Crippen LogP contribution in [0, 0.1) is 6.92 Å². The summed E-state index contributed by atoms with van der Waals surface area (Å²) < 4.78 is 43.4. The molecule has 1 saturated heterocycles. The number of benzene rings is 1. The molecular weight excluding hydrogens is 359 g/mol. The van der Waals surface area contributed by atoms with E-state index in [4.69, 9.17) is 0 Å². The molecule has 1 aliphatic rings. The van der Waals surface area contributed by atoms with Gasteiger partial charge in [-0.2, -0.15) is 13.2 Å². The van der Waals surface area contributed by atoms with E-state index in [1.165, 1.54) is 18.6 Å². The third kappa shape index (κ3) is 5.26. The average Bonchev–Trinajstić information content (AvgIpc) is 2.98. The molecule has 0 bridgehead atoms. The predicted octanol–water partition coefficient (Wildman–Crippen LogP) is 4.39. The maximum atomic E-state index is 12.9. The molecule has 8 heteroatoms. The molecule has 0 spiro atoms. The summed E-state index contributed by atoms with van der Waals surface area (Å²) in [4.78, 5) is 14.4. The van der Waals surface area contributed by atoms with Gasteiger partial charge in [0, 0.05) is 31.7 Å². The molecule has 1 aromatic carbocycles. The van der Waals surface area contributed by atoms with Crippen LogP contribution in [0.15, 0.2) is 40.8 Å². The van der Waals surface area contributed by atoms with E-state index in [0.29, 0.717) is 0 Å². The van der Waals surface area contributed by atoms with Gasteiger partial charge >= 0.3 is 12.2 Å². The van der Waals surface area contributed by atoms with Gasteiger partial charge in [-0.3, -0.25) is 4.90 Å². The van der Waals surface area contributed by atoms with Crippen molar-refractivity contribution in [2.24, 2.45) is 0 Å². The van der Waals surface area contributed by atoms with Crippen molar-refractivity contribution in [2.45, 2.75) is 38.5 Å². The number of aryl methyl sites for hydroxylation is 1. The lowest BCUT2D eigenvalue weighted by Gasteiger charge is -2.32. The molecule has 2 N–H and O–H groups in total. The number of amides is 2. The van der Waals surface area contributed by atoms with Gasteiger partial charge in [0.25, 0.3) is 0 Å². The van der Waals surface area contributed by atoms with E-state index in [-0.39, 0.29) is 17.5 Å². The van der Waals surface area contributed by atoms with E-state index in [1.807, 2.05) is 18.2 Å². The first-order valence-electron chi connectivity index (χ1n) is 8.82. The van der Waals surface area contributed by atoms with Crippen LogP contribution in [0.25, 0.3) is 0 Å². The maximum absolute atomic E-state index is 12.9. The second-order valence-corrected chi connectivity index (χ2v) is 6.73. The van der Waals surface area contributed by atoms with Crippen LogP contribution in [-0.4, -0.2) is 30.1 Å². The molecule has 1 aromatic heterocycles. The minimum atomic E-state index is -4.65. The van der Waals surface area contributed by atoms with E-state index >= 15 is 0 Å². The molecule has 0 radical (unpaired) electrons. The minimum Gasteiger partial charge on any atom is -0.455 e. The standard InChI is InChI=1S/C19H22F3N3O2/c1-13-11-16(17(27-13)19(20,21)22)24-18(26)23-15-7-9-25(10-8-15)12-14-5-3-2-4-6-14/h2-6,11,15H,7-10,12H2,1H3,(H2,23,24,26). The zero-order valence-corrected chi connectivity index (χ0v) is 15.0. The molecule has 2 amide bonds. The van der Waals surface area contributed by atoms with Crippen LogP contribution in [0.3, 0.4) is 0 Å². The van der Waals surface area contributed by atoms with E-state index in [1.54, 1.807) is 0 Å². The highest BCUT2D eigenvalue weighted by atomic mass is 19.4. The zero-order chi connectivity index (χ0) is 19.4. The minimum absolute atomic E-state index is 0.0700. The van der Waals surface area contributed by atoms with Gasteiger partial charge in [0.05, 0.1) is 5.69 Å². The summed E-state index contributed by atoms with van der Waals surface area (Å²) in [6, 6.07) is 10.6. The van der Waals surface area contributed by atoms with Gasteiger partial charge in [-0.15, -0.1) is 0 Å². The topological polar surface area (TPSA) is 57.5 Å². The lowest BCUT2D eigenvalue weighted by atomic mass is 10.0. The van der Waals surface area contributed by atoms with E-state index in [2.05, 4.69) is 32.1 Å². The summed E-state index contributed by atoms with van der Waals surface area (Å²) in [6.07, 6.45) is -3.16. The van der Waals surface area contributed by atoms with Crippen LogP contribution in [-0.2, 0) is 12.7 Å². The van der Waals surface area contributed by atoms with Crippen molar-refractivity contribution < 1.29 is 22.4 Å². The summed E-state index contributed by atoms with van der Waals surface area (Å²) in [5, 5.41) is 5.01. The highest BCUT2D eigenvalue weighted by molar-refractivity contribution is 5.90. The maximum Gasteiger partial charge on any atom is 0.451 e. The molecule has 1 fully saturated rings. The molecule has 0 saturated carbocycles. The number of nitrogens with one attached hydrogen (secondary N) is 2. The molecule has 1 aliphatic heterocycles. The normalized spacial score (nSPS) is 16.3. The number of carbonyl (C=O) groups excluding carboxylic acids is 1. The number of furan rings is 1. The number of halogens is 3. The first kappa shape index (κ1) is 19.3. The van der Waals surface area contributed by atoms with Crippen LogP contribution in [0.5, 0.6) is 0 Å². The molecule has 2 heterocycles. The highest BCUT2D eigenvalue weighted by Crippen LogP contribution is 2.37. The fraction of sp³-hybridized carbons (Fsp3) is 0.421. The van der Waals surface area contributed by atoms with Gasteiger partial charge in [-0.25, -0.2) is 4.79 Å². The van der Waals surface area contributed by atoms with Gasteiger partial charge in [0.15, 0.2) is 0 Å². The van der Waals surface area contributed by atoms with Gasteiger partial charge in [-0.05, 0) is 25.3 Å². The van der Waals surface area contributed by atoms with Crippen molar-refractivity contribution in [3.8, 4) is 0 Å². The molecule has 2 aromatic rings. The van der Waals surface area contributed by atoms with Crippen molar-refractivity contribution in [3.05, 3.63) is 53.5 Å². The van der Waals surface area contributed by atoms with Crippen LogP contribution >= 0.6 is 0 Å². The first-order chi connectivity index (χ1) is 12.8. The number of hydrogen-bond donors (Lipinski definition) is 2. The fourth-order valence-electron chi connectivity index (χ4n) is 3.24. The van der Waals surface area contributed by atoms with Crippen LogP contribution in [0.1, 0.15) is 29.9 Å². The fourth-order valence-corrected chi connectivity index (χ4v) is 3.24. The van der Waals surface area contributed by atoms with Gasteiger partial charge in [0.1, 0.15) is 5.76 Å². The Bertz CT molecular complexity index is 766. The zero-order valence-electron chi connectivity index (χ0n) is 15.0. The molecule has 146 valence electrons. The molecule has 27 heavy (non-hydrogen) atoms.